The summed E-state index contributed by atoms with van der Waals surface area (Å²) in [4.78, 5) is 23.0. The average molecular weight is 462 g/mol. The van der Waals surface area contributed by atoms with Gasteiger partial charge in [-0.3, -0.25) is 0 Å². The first kappa shape index (κ1) is 35.8. The third kappa shape index (κ3) is 30.2. The van der Waals surface area contributed by atoms with Crippen LogP contribution in [-0.4, -0.2) is 36.5 Å². The second-order valence-electron chi connectivity index (χ2n) is 7.68. The summed E-state index contributed by atoms with van der Waals surface area (Å²) in [5.41, 5.74) is 0. The van der Waals surface area contributed by atoms with Gasteiger partial charge in [0.2, 0.25) is 0 Å². The molecule has 0 heterocycles. The number of carboxylic acids is 2. The second kappa shape index (κ2) is 28.2. The van der Waals surface area contributed by atoms with Crippen molar-refractivity contribution in [1.82, 2.24) is 4.90 Å². The van der Waals surface area contributed by atoms with Crippen LogP contribution in [0.15, 0.2) is 0 Å². The molecular weight excluding hydrogens is 420 g/mol. The maximum Gasteiger partial charge on any atom is 1.00 e. The maximum atomic E-state index is 10.6. The Morgan fingerprint density at radius 3 is 1.17 bits per heavy atom. The van der Waals surface area contributed by atoms with E-state index < -0.39 is 11.9 Å². The van der Waals surface area contributed by atoms with E-state index in [1.807, 2.05) is 4.90 Å². The van der Waals surface area contributed by atoms with E-state index >= 15 is 0 Å². The SMILES string of the molecule is CCCCCCCCCCCCCCCCN(CCC(=O)[O-])CCC(=O)[O-].[K+].[K+]. The number of carboxylic acid groups (broad SMARTS) is 2. The summed E-state index contributed by atoms with van der Waals surface area (Å²) in [6, 6.07) is 0. The number of nitrogens with zero attached hydrogens (tertiary/aromatic N) is 1. The van der Waals surface area contributed by atoms with Gasteiger partial charge in [-0.1, -0.05) is 90.4 Å². The van der Waals surface area contributed by atoms with E-state index in [9.17, 15) is 19.8 Å². The molecule has 0 unspecified atom stereocenters. The number of carbonyl (C=O) groups excluding carboxylic acids is 2. The molecule has 5 nitrogen and oxygen atoms in total. The molecule has 0 radical (unpaired) electrons. The number of unbranched alkanes of at least 4 members (excludes halogenated alkanes) is 13. The number of hydrogen-bond acceptors (Lipinski definition) is 5. The molecule has 0 aliphatic carbocycles. The van der Waals surface area contributed by atoms with E-state index in [0.29, 0.717) is 13.1 Å². The predicted octanol–water partition coefficient (Wildman–Crippen LogP) is -2.94. The molecule has 0 aliphatic heterocycles. The number of aliphatic carboxylic acids is 2. The van der Waals surface area contributed by atoms with E-state index in [1.165, 1.54) is 77.0 Å². The Morgan fingerprint density at radius 1 is 0.552 bits per heavy atom. The molecule has 0 amide bonds. The summed E-state index contributed by atoms with van der Waals surface area (Å²) in [6.45, 7) is 3.71. The Bertz CT molecular complexity index is 353. The van der Waals surface area contributed by atoms with Crippen molar-refractivity contribution in [3.05, 3.63) is 0 Å². The van der Waals surface area contributed by atoms with Gasteiger partial charge >= 0.3 is 103 Å². The molecule has 0 aromatic rings. The van der Waals surface area contributed by atoms with Crippen LogP contribution in [0.4, 0.5) is 0 Å². The molecule has 0 rings (SSSR count). The first-order valence-electron chi connectivity index (χ1n) is 11.2. The normalized spacial score (nSPS) is 10.4. The van der Waals surface area contributed by atoms with Gasteiger partial charge in [-0.2, -0.15) is 0 Å². The van der Waals surface area contributed by atoms with Gasteiger partial charge in [0.15, 0.2) is 0 Å². The minimum atomic E-state index is -1.09. The fourth-order valence-corrected chi connectivity index (χ4v) is 3.36. The van der Waals surface area contributed by atoms with Gasteiger partial charge in [-0.15, -0.1) is 0 Å². The van der Waals surface area contributed by atoms with E-state index in [1.54, 1.807) is 0 Å². The minimum absolute atomic E-state index is 0. The van der Waals surface area contributed by atoms with Crippen LogP contribution in [0.2, 0.25) is 0 Å². The zero-order chi connectivity index (χ0) is 20.2. The molecule has 0 bridgehead atoms. The summed E-state index contributed by atoms with van der Waals surface area (Å²) in [6.07, 6.45) is 18.1. The van der Waals surface area contributed by atoms with Crippen molar-refractivity contribution >= 4 is 11.9 Å². The molecule has 0 spiro atoms. The van der Waals surface area contributed by atoms with E-state index in [2.05, 4.69) is 6.92 Å². The van der Waals surface area contributed by atoms with Crippen LogP contribution < -0.4 is 113 Å². The van der Waals surface area contributed by atoms with Crippen molar-refractivity contribution in [2.75, 3.05) is 19.6 Å². The van der Waals surface area contributed by atoms with E-state index in [0.717, 1.165) is 19.4 Å². The van der Waals surface area contributed by atoms with Crippen LogP contribution in [0.5, 0.6) is 0 Å². The second-order valence-corrected chi connectivity index (χ2v) is 7.68. The molecule has 0 N–H and O–H groups in total. The zero-order valence-corrected chi connectivity index (χ0v) is 25.8. The largest absolute Gasteiger partial charge is 1.00 e. The van der Waals surface area contributed by atoms with Crippen molar-refractivity contribution < 1.29 is 123 Å². The third-order valence-corrected chi connectivity index (χ3v) is 5.09. The van der Waals surface area contributed by atoms with Gasteiger partial charge in [-0.05, 0) is 25.8 Å². The van der Waals surface area contributed by atoms with Crippen LogP contribution in [-0.2, 0) is 9.59 Å². The summed E-state index contributed by atoms with van der Waals surface area (Å²) in [7, 11) is 0. The molecule has 0 aromatic carbocycles. The topological polar surface area (TPSA) is 83.5 Å². The fraction of sp³-hybridized carbons (Fsp3) is 0.909. The molecule has 0 saturated heterocycles. The van der Waals surface area contributed by atoms with Gasteiger partial charge < -0.3 is 24.7 Å². The van der Waals surface area contributed by atoms with E-state index in [-0.39, 0.29) is 116 Å². The Hall–Kier alpha value is 2.17. The number of hydrogen-bond donors (Lipinski definition) is 0. The molecular formula is C22H41K2NO4. The molecule has 0 atom stereocenters. The Labute approximate surface area is 264 Å². The van der Waals surface area contributed by atoms with Crippen LogP contribution in [0.3, 0.4) is 0 Å². The van der Waals surface area contributed by atoms with Gasteiger partial charge in [0.05, 0.1) is 0 Å². The molecule has 29 heavy (non-hydrogen) atoms. The van der Waals surface area contributed by atoms with Crippen LogP contribution in [0.25, 0.3) is 0 Å². The smallest absolute Gasteiger partial charge is 0.550 e. The molecule has 160 valence electrons. The molecule has 0 aromatic heterocycles. The van der Waals surface area contributed by atoms with Gasteiger partial charge in [0, 0.05) is 25.0 Å². The van der Waals surface area contributed by atoms with Gasteiger partial charge in [0.1, 0.15) is 0 Å². The van der Waals surface area contributed by atoms with E-state index in [4.69, 9.17) is 0 Å². The van der Waals surface area contributed by atoms with Crippen LogP contribution in [0, 0.1) is 0 Å². The summed E-state index contributed by atoms with van der Waals surface area (Å²) in [5.74, 6) is -2.18. The van der Waals surface area contributed by atoms with Crippen molar-refractivity contribution in [1.29, 1.82) is 0 Å². The third-order valence-electron chi connectivity index (χ3n) is 5.09. The zero-order valence-electron chi connectivity index (χ0n) is 19.5. The monoisotopic (exact) mass is 461 g/mol. The van der Waals surface area contributed by atoms with Crippen molar-refractivity contribution in [2.45, 2.75) is 110 Å². The molecule has 0 saturated carbocycles. The van der Waals surface area contributed by atoms with Gasteiger partial charge in [-0.25, -0.2) is 0 Å². The Balaban J connectivity index is -0.00000338. The van der Waals surface area contributed by atoms with Crippen LogP contribution >= 0.6 is 0 Å². The molecule has 0 fully saturated rings. The Morgan fingerprint density at radius 2 is 0.862 bits per heavy atom. The molecule has 0 aliphatic rings. The first-order valence-corrected chi connectivity index (χ1v) is 11.2. The predicted molar refractivity (Wildman–Crippen MR) is 106 cm³/mol. The number of carbonyl (C=O) groups is 2. The van der Waals surface area contributed by atoms with Crippen LogP contribution in [0.1, 0.15) is 110 Å². The van der Waals surface area contributed by atoms with Crippen molar-refractivity contribution in [3.8, 4) is 0 Å². The van der Waals surface area contributed by atoms with Crippen molar-refractivity contribution in [2.24, 2.45) is 0 Å². The summed E-state index contributed by atoms with van der Waals surface area (Å²) < 4.78 is 0. The maximum absolute atomic E-state index is 10.6. The number of rotatable bonds is 21. The van der Waals surface area contributed by atoms with Crippen molar-refractivity contribution in [3.63, 3.8) is 0 Å². The Kier molecular flexibility index (Phi) is 34.8. The fourth-order valence-electron chi connectivity index (χ4n) is 3.36. The quantitative estimate of drug-likeness (QED) is 0.135. The standard InChI is InChI=1S/C22H43NO4.2K/c1-2-3-4-5-6-7-8-9-10-11-12-13-14-15-18-23(19-16-21(24)25)20-17-22(26)27;;/h2-20H2,1H3,(H,24,25)(H,26,27);;/q;2*+1/p-2. The summed E-state index contributed by atoms with van der Waals surface area (Å²) in [5, 5.41) is 21.2. The minimum Gasteiger partial charge on any atom is -0.550 e. The molecule has 7 heteroatoms. The van der Waals surface area contributed by atoms with Gasteiger partial charge in [0.25, 0.3) is 0 Å². The first-order chi connectivity index (χ1) is 13.1. The summed E-state index contributed by atoms with van der Waals surface area (Å²) >= 11 is 0. The average Bonchev–Trinajstić information content (AvgIpc) is 2.63.